The third kappa shape index (κ3) is 9.94. The van der Waals surface area contributed by atoms with Crippen LogP contribution in [0.15, 0.2) is 55.0 Å². The fraction of sp³-hybridized carbons (Fsp3) is 0.516. The smallest absolute Gasteiger partial charge is 0.328 e. The normalized spacial score (nSPS) is 13.7. The van der Waals surface area contributed by atoms with Crippen molar-refractivity contribution in [3.63, 3.8) is 0 Å². The number of esters is 1. The Morgan fingerprint density at radius 1 is 1.18 bits per heavy atom. The van der Waals surface area contributed by atoms with Crippen molar-refractivity contribution in [1.82, 2.24) is 25.5 Å². The van der Waals surface area contributed by atoms with Gasteiger partial charge in [-0.3, -0.25) is 9.69 Å². The van der Waals surface area contributed by atoms with Gasteiger partial charge in [0.2, 0.25) is 5.91 Å². The van der Waals surface area contributed by atoms with Crippen molar-refractivity contribution < 1.29 is 14.3 Å². The first-order chi connectivity index (χ1) is 19.4. The van der Waals surface area contributed by atoms with E-state index in [0.29, 0.717) is 25.4 Å². The number of thioether (sulfide) groups is 1. The van der Waals surface area contributed by atoms with E-state index in [1.807, 2.05) is 18.5 Å². The first kappa shape index (κ1) is 31.6. The Morgan fingerprint density at radius 2 is 1.98 bits per heavy atom. The molecule has 0 saturated carbocycles. The average Bonchev–Trinajstić information content (AvgIpc) is 3.49. The minimum absolute atomic E-state index is 0.168. The Morgan fingerprint density at radius 3 is 2.70 bits per heavy atom. The number of nitrogens with one attached hydrogen (secondary N) is 3. The van der Waals surface area contributed by atoms with Gasteiger partial charge in [0.25, 0.3) is 0 Å². The van der Waals surface area contributed by atoms with Crippen LogP contribution in [-0.2, 0) is 27.3 Å². The van der Waals surface area contributed by atoms with E-state index in [1.54, 1.807) is 18.1 Å². The van der Waals surface area contributed by atoms with Crippen molar-refractivity contribution in [3.8, 4) is 0 Å². The van der Waals surface area contributed by atoms with Crippen LogP contribution in [0.5, 0.6) is 0 Å². The number of aryl methyl sites for hydroxylation is 1. The second kappa shape index (κ2) is 17.0. The second-order valence-corrected chi connectivity index (χ2v) is 11.3. The summed E-state index contributed by atoms with van der Waals surface area (Å²) in [5.74, 6) is 0.614. The predicted molar refractivity (Wildman–Crippen MR) is 164 cm³/mol. The topological polar surface area (TPSA) is 99.4 Å². The Bertz CT molecular complexity index is 1170. The van der Waals surface area contributed by atoms with Crippen LogP contribution in [0.2, 0.25) is 0 Å². The van der Waals surface area contributed by atoms with Crippen LogP contribution in [0.25, 0.3) is 10.8 Å². The molecule has 0 saturated heterocycles. The number of imidazole rings is 1. The van der Waals surface area contributed by atoms with E-state index in [0.717, 1.165) is 37.3 Å². The van der Waals surface area contributed by atoms with E-state index in [-0.39, 0.29) is 18.5 Å². The number of fused-ring (bicyclic) bond motifs is 1. The van der Waals surface area contributed by atoms with E-state index in [9.17, 15) is 9.59 Å². The van der Waals surface area contributed by atoms with Gasteiger partial charge >= 0.3 is 5.97 Å². The highest BCUT2D eigenvalue weighted by molar-refractivity contribution is 7.98. The summed E-state index contributed by atoms with van der Waals surface area (Å²) in [5.41, 5.74) is 2.25. The molecule has 0 spiro atoms. The van der Waals surface area contributed by atoms with Gasteiger partial charge in [-0.05, 0) is 60.1 Å². The monoisotopic (exact) mass is 567 g/mol. The van der Waals surface area contributed by atoms with Gasteiger partial charge in [-0.15, -0.1) is 0 Å². The second-order valence-electron chi connectivity index (χ2n) is 10.3. The lowest BCUT2D eigenvalue weighted by atomic mass is 9.97. The summed E-state index contributed by atoms with van der Waals surface area (Å²) in [4.78, 5) is 35.2. The van der Waals surface area contributed by atoms with Crippen LogP contribution in [0, 0.1) is 5.92 Å². The number of nitrogens with zero attached hydrogens (tertiary/aromatic N) is 2. The number of amides is 1. The van der Waals surface area contributed by atoms with Crippen LogP contribution < -0.4 is 10.6 Å². The van der Waals surface area contributed by atoms with E-state index >= 15 is 0 Å². The molecular formula is C31H45N5O3S. The number of rotatable bonds is 18. The first-order valence-electron chi connectivity index (χ1n) is 14.2. The van der Waals surface area contributed by atoms with Gasteiger partial charge in [-0.25, -0.2) is 9.78 Å². The standard InChI is InChI=1S/C31H45N5O3S/c1-5-23(2)29(33-16-9-13-26-18-32-22-34-26)20-36(19-25-12-8-11-24-10-6-7-14-27(24)25)21-30(37)35-28(15-17-40-4)31(38)39-3/h6-8,10-12,14,18,22-23,28-29,33H,5,9,13,15-17,19-21H2,1-4H3,(H,32,34)(H,35,37). The molecule has 1 amide bonds. The van der Waals surface area contributed by atoms with Crippen molar-refractivity contribution >= 4 is 34.4 Å². The Hall–Kier alpha value is -2.88. The molecule has 0 aliphatic carbocycles. The summed E-state index contributed by atoms with van der Waals surface area (Å²) in [6.45, 7) is 6.87. The number of aromatic amines is 1. The van der Waals surface area contributed by atoms with Gasteiger partial charge < -0.3 is 20.4 Å². The van der Waals surface area contributed by atoms with E-state index in [2.05, 4.69) is 75.7 Å². The molecule has 1 heterocycles. The SMILES string of the molecule is CCC(C)C(CN(CC(=O)NC(CCSC)C(=O)OC)Cc1cccc2ccccc12)NCCCc1c[nH]cn1. The number of benzene rings is 2. The number of hydrogen-bond acceptors (Lipinski definition) is 7. The Kier molecular flexibility index (Phi) is 13.5. The highest BCUT2D eigenvalue weighted by Crippen LogP contribution is 2.21. The van der Waals surface area contributed by atoms with E-state index < -0.39 is 12.0 Å². The number of H-pyrrole nitrogens is 1. The van der Waals surface area contributed by atoms with Gasteiger partial charge in [-0.2, -0.15) is 11.8 Å². The minimum atomic E-state index is -0.644. The van der Waals surface area contributed by atoms with Crippen molar-refractivity contribution in [1.29, 1.82) is 0 Å². The lowest BCUT2D eigenvalue weighted by Gasteiger charge is -2.32. The molecule has 40 heavy (non-hydrogen) atoms. The van der Waals surface area contributed by atoms with Crippen LogP contribution in [-0.4, -0.2) is 77.6 Å². The fourth-order valence-corrected chi connectivity index (χ4v) is 5.39. The molecule has 0 fully saturated rings. The zero-order chi connectivity index (χ0) is 28.7. The van der Waals surface area contributed by atoms with E-state index in [4.69, 9.17) is 4.74 Å². The summed E-state index contributed by atoms with van der Waals surface area (Å²) in [5, 5.41) is 9.08. The molecule has 8 nitrogen and oxygen atoms in total. The quantitative estimate of drug-likeness (QED) is 0.155. The average molecular weight is 568 g/mol. The van der Waals surface area contributed by atoms with Crippen LogP contribution in [0.3, 0.4) is 0 Å². The molecule has 1 aromatic heterocycles. The zero-order valence-corrected chi connectivity index (χ0v) is 25.1. The number of hydrogen-bond donors (Lipinski definition) is 3. The Balaban J connectivity index is 1.75. The summed E-state index contributed by atoms with van der Waals surface area (Å²) >= 11 is 1.64. The number of methoxy groups -OCH3 is 1. The highest BCUT2D eigenvalue weighted by atomic mass is 32.2. The van der Waals surface area contributed by atoms with Crippen molar-refractivity contribution in [3.05, 3.63) is 66.2 Å². The maximum Gasteiger partial charge on any atom is 0.328 e. The maximum atomic E-state index is 13.3. The summed E-state index contributed by atoms with van der Waals surface area (Å²) in [7, 11) is 1.36. The summed E-state index contributed by atoms with van der Waals surface area (Å²) in [6, 6.07) is 14.2. The zero-order valence-electron chi connectivity index (χ0n) is 24.3. The maximum absolute atomic E-state index is 13.3. The Labute approximate surface area is 243 Å². The molecule has 0 aliphatic heterocycles. The molecule has 0 aliphatic rings. The molecule has 3 atom stereocenters. The lowest BCUT2D eigenvalue weighted by Crippen LogP contribution is -2.50. The first-order valence-corrected chi connectivity index (χ1v) is 15.6. The molecule has 3 rings (SSSR count). The van der Waals surface area contributed by atoms with Crippen molar-refractivity contribution in [2.75, 3.05) is 38.8 Å². The molecule has 0 radical (unpaired) electrons. The molecule has 3 N–H and O–H groups in total. The van der Waals surface area contributed by atoms with Crippen molar-refractivity contribution in [2.45, 2.75) is 58.2 Å². The fourth-order valence-electron chi connectivity index (χ4n) is 4.92. The molecule has 3 unspecified atom stereocenters. The predicted octanol–water partition coefficient (Wildman–Crippen LogP) is 4.41. The summed E-state index contributed by atoms with van der Waals surface area (Å²) < 4.78 is 4.96. The van der Waals surface area contributed by atoms with Gasteiger partial charge in [0.05, 0.1) is 25.7 Å². The van der Waals surface area contributed by atoms with E-state index in [1.165, 1.54) is 23.4 Å². The number of carbonyl (C=O) groups is 2. The van der Waals surface area contributed by atoms with Crippen LogP contribution >= 0.6 is 11.8 Å². The number of carbonyl (C=O) groups excluding carboxylic acids is 2. The number of ether oxygens (including phenoxy) is 1. The molecule has 0 bridgehead atoms. The van der Waals surface area contributed by atoms with Crippen molar-refractivity contribution in [2.24, 2.45) is 5.92 Å². The van der Waals surface area contributed by atoms with Crippen LogP contribution in [0.4, 0.5) is 0 Å². The highest BCUT2D eigenvalue weighted by Gasteiger charge is 2.25. The number of aromatic nitrogens is 2. The third-order valence-electron chi connectivity index (χ3n) is 7.43. The van der Waals surface area contributed by atoms with Crippen LogP contribution in [0.1, 0.15) is 44.4 Å². The van der Waals surface area contributed by atoms with Gasteiger partial charge in [-0.1, -0.05) is 62.7 Å². The molecular weight excluding hydrogens is 522 g/mol. The molecule has 218 valence electrons. The van der Waals surface area contributed by atoms with Gasteiger partial charge in [0.15, 0.2) is 0 Å². The largest absolute Gasteiger partial charge is 0.467 e. The lowest BCUT2D eigenvalue weighted by molar-refractivity contribution is -0.145. The van der Waals surface area contributed by atoms with Gasteiger partial charge in [0.1, 0.15) is 6.04 Å². The molecule has 9 heteroatoms. The minimum Gasteiger partial charge on any atom is -0.467 e. The molecule has 2 aromatic carbocycles. The summed E-state index contributed by atoms with van der Waals surface area (Å²) in [6.07, 6.45) is 9.11. The van der Waals surface area contributed by atoms with Gasteiger partial charge in [0, 0.05) is 25.3 Å². The third-order valence-corrected chi connectivity index (χ3v) is 8.07. The molecule has 3 aromatic rings.